The molecule has 0 saturated carbocycles. The monoisotopic (exact) mass is 261 g/mol. The predicted octanol–water partition coefficient (Wildman–Crippen LogP) is 2.87. The van der Waals surface area contributed by atoms with E-state index < -0.39 is 11.8 Å². The van der Waals surface area contributed by atoms with Gasteiger partial charge in [-0.25, -0.2) is 14.2 Å². The van der Waals surface area contributed by atoms with E-state index in [9.17, 15) is 9.18 Å². The van der Waals surface area contributed by atoms with Crippen LogP contribution in [0.25, 0.3) is 0 Å². The van der Waals surface area contributed by atoms with Crippen molar-refractivity contribution in [1.29, 1.82) is 0 Å². The highest BCUT2D eigenvalue weighted by atomic mass is 19.1. The molecule has 1 heterocycles. The van der Waals surface area contributed by atoms with Crippen molar-refractivity contribution in [3.05, 3.63) is 48.4 Å². The number of amides is 2. The van der Waals surface area contributed by atoms with Gasteiger partial charge in [-0.05, 0) is 18.2 Å². The first-order valence-corrected chi connectivity index (χ1v) is 5.51. The third kappa shape index (κ3) is 3.67. The van der Waals surface area contributed by atoms with Crippen LogP contribution in [-0.2, 0) is 0 Å². The van der Waals surface area contributed by atoms with Gasteiger partial charge in [0, 0.05) is 24.0 Å². The summed E-state index contributed by atoms with van der Waals surface area (Å²) in [6, 6.07) is 8.55. The molecule has 0 aliphatic heterocycles. The second-order valence-electron chi connectivity index (χ2n) is 3.67. The zero-order valence-electron chi connectivity index (χ0n) is 10.2. The third-order valence-corrected chi connectivity index (χ3v) is 2.27. The van der Waals surface area contributed by atoms with Gasteiger partial charge >= 0.3 is 6.03 Å². The van der Waals surface area contributed by atoms with Gasteiger partial charge in [-0.3, -0.25) is 5.32 Å². The number of ether oxygens (including phenoxy) is 1. The minimum atomic E-state index is -0.508. The fraction of sp³-hybridized carbons (Fsp3) is 0.0769. The molecule has 0 aliphatic carbocycles. The van der Waals surface area contributed by atoms with Gasteiger partial charge < -0.3 is 10.1 Å². The van der Waals surface area contributed by atoms with Crippen LogP contribution in [-0.4, -0.2) is 18.1 Å². The highest BCUT2D eigenvalue weighted by molar-refractivity contribution is 5.99. The Morgan fingerprint density at radius 3 is 2.79 bits per heavy atom. The second-order valence-corrected chi connectivity index (χ2v) is 3.67. The molecule has 0 atom stereocenters. The summed E-state index contributed by atoms with van der Waals surface area (Å²) in [5.74, 6) is 0.240. The minimum absolute atomic E-state index is 0.297. The molecule has 98 valence electrons. The molecular formula is C13H12FN3O2. The number of hydrogen-bond donors (Lipinski definition) is 2. The number of urea groups is 1. The molecule has 19 heavy (non-hydrogen) atoms. The topological polar surface area (TPSA) is 63.2 Å². The van der Waals surface area contributed by atoms with Gasteiger partial charge in [0.2, 0.25) is 0 Å². The van der Waals surface area contributed by atoms with Crippen LogP contribution in [0.4, 0.5) is 20.7 Å². The van der Waals surface area contributed by atoms with Crippen molar-refractivity contribution < 1.29 is 13.9 Å². The van der Waals surface area contributed by atoms with Gasteiger partial charge in [-0.15, -0.1) is 0 Å². The maximum atomic E-state index is 13.2. The average Bonchev–Trinajstić information content (AvgIpc) is 2.38. The Morgan fingerprint density at radius 1 is 1.26 bits per heavy atom. The maximum absolute atomic E-state index is 13.2. The van der Waals surface area contributed by atoms with Crippen molar-refractivity contribution in [2.45, 2.75) is 0 Å². The van der Waals surface area contributed by atoms with Crippen LogP contribution in [0.5, 0.6) is 5.75 Å². The molecule has 2 rings (SSSR count). The number of halogens is 1. The Morgan fingerprint density at radius 2 is 2.11 bits per heavy atom. The number of benzene rings is 1. The number of pyridine rings is 1. The van der Waals surface area contributed by atoms with Crippen LogP contribution in [0, 0.1) is 5.82 Å². The quantitative estimate of drug-likeness (QED) is 0.893. The minimum Gasteiger partial charge on any atom is -0.497 e. The highest BCUT2D eigenvalue weighted by Crippen LogP contribution is 2.19. The fourth-order valence-corrected chi connectivity index (χ4v) is 1.47. The molecule has 0 fully saturated rings. The van der Waals surface area contributed by atoms with Crippen molar-refractivity contribution in [3.8, 4) is 5.75 Å². The summed E-state index contributed by atoms with van der Waals surface area (Å²) in [6.07, 6.45) is 1.56. The zero-order chi connectivity index (χ0) is 13.7. The molecule has 2 aromatic rings. The molecule has 0 unspecified atom stereocenters. The molecule has 0 spiro atoms. The number of carbonyl (C=O) groups is 1. The lowest BCUT2D eigenvalue weighted by molar-refractivity contribution is 0.262. The standard InChI is InChI=1S/C13H12FN3O2/c1-19-11-7-9(14)6-10(8-11)16-13(18)17-12-4-2-3-5-15-12/h2-8H,1H3,(H2,15,16,17,18). The first-order chi connectivity index (χ1) is 9.17. The van der Waals surface area contributed by atoms with Crippen LogP contribution < -0.4 is 15.4 Å². The summed E-state index contributed by atoms with van der Waals surface area (Å²) in [5, 5.41) is 5.02. The SMILES string of the molecule is COc1cc(F)cc(NC(=O)Nc2ccccn2)c1. The lowest BCUT2D eigenvalue weighted by Crippen LogP contribution is -2.20. The summed E-state index contributed by atoms with van der Waals surface area (Å²) < 4.78 is 18.1. The van der Waals surface area contributed by atoms with Gasteiger partial charge in [0.15, 0.2) is 0 Å². The normalized spacial score (nSPS) is 9.79. The predicted molar refractivity (Wildman–Crippen MR) is 69.8 cm³/mol. The maximum Gasteiger partial charge on any atom is 0.324 e. The van der Waals surface area contributed by atoms with Gasteiger partial charge in [0.1, 0.15) is 17.4 Å². The summed E-state index contributed by atoms with van der Waals surface area (Å²) in [5.41, 5.74) is 0.297. The molecule has 0 bridgehead atoms. The lowest BCUT2D eigenvalue weighted by Gasteiger charge is -2.08. The van der Waals surface area contributed by atoms with Crippen molar-refractivity contribution in [3.63, 3.8) is 0 Å². The van der Waals surface area contributed by atoms with Crippen molar-refractivity contribution in [1.82, 2.24) is 4.98 Å². The van der Waals surface area contributed by atoms with Crippen LogP contribution in [0.3, 0.4) is 0 Å². The third-order valence-electron chi connectivity index (χ3n) is 2.27. The number of methoxy groups -OCH3 is 1. The van der Waals surface area contributed by atoms with Gasteiger partial charge in [0.25, 0.3) is 0 Å². The van der Waals surface area contributed by atoms with E-state index in [2.05, 4.69) is 15.6 Å². The highest BCUT2D eigenvalue weighted by Gasteiger charge is 2.06. The first-order valence-electron chi connectivity index (χ1n) is 5.51. The summed E-state index contributed by atoms with van der Waals surface area (Å²) in [7, 11) is 1.42. The number of rotatable bonds is 3. The first kappa shape index (κ1) is 12.8. The molecule has 0 aliphatic rings. The van der Waals surface area contributed by atoms with Gasteiger partial charge in [-0.1, -0.05) is 6.07 Å². The van der Waals surface area contributed by atoms with E-state index in [0.717, 1.165) is 0 Å². The van der Waals surface area contributed by atoms with E-state index in [0.29, 0.717) is 17.3 Å². The molecule has 1 aromatic carbocycles. The molecule has 1 aromatic heterocycles. The van der Waals surface area contributed by atoms with Crippen molar-refractivity contribution in [2.24, 2.45) is 0 Å². The number of nitrogens with one attached hydrogen (secondary N) is 2. The van der Waals surface area contributed by atoms with Gasteiger partial charge in [-0.2, -0.15) is 0 Å². The van der Waals surface area contributed by atoms with E-state index in [1.54, 1.807) is 24.4 Å². The van der Waals surface area contributed by atoms with Crippen molar-refractivity contribution >= 4 is 17.5 Å². The average molecular weight is 261 g/mol. The summed E-state index contributed by atoms with van der Waals surface area (Å²) in [4.78, 5) is 15.6. The number of anilines is 2. The molecule has 0 radical (unpaired) electrons. The molecule has 0 saturated heterocycles. The Labute approximate surface area is 109 Å². The number of carbonyl (C=O) groups excluding carboxylic acids is 1. The molecule has 5 nitrogen and oxygen atoms in total. The Balaban J connectivity index is 2.05. The van der Waals surface area contributed by atoms with Crippen LogP contribution in [0.2, 0.25) is 0 Å². The molecular weight excluding hydrogens is 249 g/mol. The molecule has 2 N–H and O–H groups in total. The second kappa shape index (κ2) is 5.81. The van der Waals surface area contributed by atoms with E-state index in [1.807, 2.05) is 0 Å². The van der Waals surface area contributed by atoms with E-state index in [4.69, 9.17) is 4.74 Å². The van der Waals surface area contributed by atoms with Gasteiger partial charge in [0.05, 0.1) is 7.11 Å². The molecule has 2 amide bonds. The number of nitrogens with zero attached hydrogens (tertiary/aromatic N) is 1. The van der Waals surface area contributed by atoms with E-state index in [-0.39, 0.29) is 0 Å². The number of aromatic nitrogens is 1. The van der Waals surface area contributed by atoms with Crippen LogP contribution in [0.15, 0.2) is 42.6 Å². The van der Waals surface area contributed by atoms with Crippen molar-refractivity contribution in [2.75, 3.05) is 17.7 Å². The lowest BCUT2D eigenvalue weighted by atomic mass is 10.3. The van der Waals surface area contributed by atoms with E-state index in [1.165, 1.54) is 25.3 Å². The van der Waals surface area contributed by atoms with Crippen LogP contribution >= 0.6 is 0 Å². The smallest absolute Gasteiger partial charge is 0.324 e. The molecule has 6 heteroatoms. The Hall–Kier alpha value is -2.63. The summed E-state index contributed by atoms with van der Waals surface area (Å²) >= 11 is 0. The van der Waals surface area contributed by atoms with E-state index >= 15 is 0 Å². The fourth-order valence-electron chi connectivity index (χ4n) is 1.47. The largest absolute Gasteiger partial charge is 0.497 e. The Bertz CT molecular complexity index is 575. The van der Waals surface area contributed by atoms with Crippen LogP contribution in [0.1, 0.15) is 0 Å². The number of hydrogen-bond acceptors (Lipinski definition) is 3. The zero-order valence-corrected chi connectivity index (χ0v) is 10.2. The Kier molecular flexibility index (Phi) is 3.92. The summed E-state index contributed by atoms with van der Waals surface area (Å²) in [6.45, 7) is 0.